The Labute approximate surface area is 128 Å². The molecule has 0 aliphatic carbocycles. The average molecular weight is 298 g/mol. The van der Waals surface area contributed by atoms with Crippen LogP contribution in [0.25, 0.3) is 0 Å². The minimum Gasteiger partial charge on any atom is -0.394 e. The first kappa shape index (κ1) is 18.0. The lowest BCUT2D eigenvalue weighted by molar-refractivity contribution is -0.132. The third-order valence-electron chi connectivity index (χ3n) is 4.06. The molecule has 2 amide bonds. The quantitative estimate of drug-likeness (QED) is 0.605. The smallest absolute Gasteiger partial charge is 0.222 e. The summed E-state index contributed by atoms with van der Waals surface area (Å²) in [5.74, 6) is 0.300. The Hall–Kier alpha value is -1.10. The number of carbonyl (C=O) groups is 2. The molecule has 1 heterocycles. The van der Waals surface area contributed by atoms with Crippen molar-refractivity contribution in [3.8, 4) is 0 Å². The summed E-state index contributed by atoms with van der Waals surface area (Å²) in [6.07, 6.45) is 7.83. The minimum absolute atomic E-state index is 0.0374. The highest BCUT2D eigenvalue weighted by molar-refractivity contribution is 5.77. The van der Waals surface area contributed by atoms with Crippen LogP contribution < -0.4 is 5.32 Å². The Morgan fingerprint density at radius 3 is 2.71 bits per heavy atom. The van der Waals surface area contributed by atoms with E-state index in [0.717, 1.165) is 51.5 Å². The number of likely N-dealkylation sites (tertiary alicyclic amines) is 1. The number of hydrogen-bond donors (Lipinski definition) is 2. The van der Waals surface area contributed by atoms with E-state index in [2.05, 4.69) is 12.2 Å². The predicted octanol–water partition coefficient (Wildman–Crippen LogP) is 1.84. The van der Waals surface area contributed by atoms with Crippen molar-refractivity contribution in [1.82, 2.24) is 10.2 Å². The van der Waals surface area contributed by atoms with Crippen LogP contribution in [0.1, 0.15) is 64.7 Å². The molecule has 1 aliphatic rings. The Kier molecular flexibility index (Phi) is 9.06. The molecular formula is C16H30N2O3. The van der Waals surface area contributed by atoms with Gasteiger partial charge in [0.15, 0.2) is 0 Å². The minimum atomic E-state index is 0.0374. The van der Waals surface area contributed by atoms with Crippen molar-refractivity contribution in [3.05, 3.63) is 0 Å². The van der Waals surface area contributed by atoms with Gasteiger partial charge in [-0.15, -0.1) is 0 Å². The summed E-state index contributed by atoms with van der Waals surface area (Å²) in [4.78, 5) is 25.2. The molecule has 1 unspecified atom stereocenters. The molecule has 0 radical (unpaired) electrons. The second-order valence-corrected chi connectivity index (χ2v) is 5.83. The van der Waals surface area contributed by atoms with E-state index in [1.165, 1.54) is 0 Å². The lowest BCUT2D eigenvalue weighted by Gasteiger charge is -2.22. The number of hydrogen-bond acceptors (Lipinski definition) is 3. The van der Waals surface area contributed by atoms with Gasteiger partial charge in [-0.1, -0.05) is 19.8 Å². The number of nitrogens with one attached hydrogen (secondary N) is 1. The molecule has 1 saturated heterocycles. The highest BCUT2D eigenvalue weighted by atomic mass is 16.3. The van der Waals surface area contributed by atoms with Crippen molar-refractivity contribution in [1.29, 1.82) is 0 Å². The van der Waals surface area contributed by atoms with Crippen LogP contribution in [0.5, 0.6) is 0 Å². The van der Waals surface area contributed by atoms with Crippen LogP contribution in [0, 0.1) is 0 Å². The number of aliphatic hydroxyl groups is 1. The van der Waals surface area contributed by atoms with E-state index in [4.69, 9.17) is 0 Å². The Morgan fingerprint density at radius 2 is 2.00 bits per heavy atom. The summed E-state index contributed by atoms with van der Waals surface area (Å²) in [7, 11) is 0. The zero-order chi connectivity index (χ0) is 15.5. The van der Waals surface area contributed by atoms with E-state index in [1.54, 1.807) is 0 Å². The van der Waals surface area contributed by atoms with Gasteiger partial charge in [-0.05, 0) is 32.1 Å². The number of carbonyl (C=O) groups excluding carboxylic acids is 2. The highest BCUT2D eigenvalue weighted by Crippen LogP contribution is 2.18. The SMILES string of the molecule is CCCCC(=O)NCCCCCC(=O)N1CCCC1CO. The summed E-state index contributed by atoms with van der Waals surface area (Å²) < 4.78 is 0. The van der Waals surface area contributed by atoms with Crippen molar-refractivity contribution < 1.29 is 14.7 Å². The summed E-state index contributed by atoms with van der Waals surface area (Å²) >= 11 is 0. The first-order chi connectivity index (χ1) is 10.2. The van der Waals surface area contributed by atoms with Crippen molar-refractivity contribution in [2.45, 2.75) is 70.8 Å². The molecule has 1 aliphatic heterocycles. The fourth-order valence-corrected chi connectivity index (χ4v) is 2.73. The number of rotatable bonds is 10. The van der Waals surface area contributed by atoms with Gasteiger partial charge in [0.25, 0.3) is 0 Å². The largest absolute Gasteiger partial charge is 0.394 e. The number of aliphatic hydroxyl groups excluding tert-OH is 1. The molecule has 0 aromatic heterocycles. The Balaban J connectivity index is 2.01. The van der Waals surface area contributed by atoms with Crippen LogP contribution in [-0.2, 0) is 9.59 Å². The molecule has 1 fully saturated rings. The molecule has 122 valence electrons. The number of unbranched alkanes of at least 4 members (excludes halogenated alkanes) is 3. The van der Waals surface area contributed by atoms with Crippen molar-refractivity contribution >= 4 is 11.8 Å². The first-order valence-corrected chi connectivity index (χ1v) is 8.36. The average Bonchev–Trinajstić information content (AvgIpc) is 2.96. The fraction of sp³-hybridized carbons (Fsp3) is 0.875. The summed E-state index contributed by atoms with van der Waals surface area (Å²) in [6, 6.07) is 0.0374. The molecule has 0 bridgehead atoms. The molecule has 5 nitrogen and oxygen atoms in total. The van der Waals surface area contributed by atoms with Gasteiger partial charge in [0.05, 0.1) is 12.6 Å². The van der Waals surface area contributed by atoms with Gasteiger partial charge in [-0.2, -0.15) is 0 Å². The van der Waals surface area contributed by atoms with Crippen molar-refractivity contribution in [3.63, 3.8) is 0 Å². The van der Waals surface area contributed by atoms with Crippen LogP contribution >= 0.6 is 0 Å². The zero-order valence-electron chi connectivity index (χ0n) is 13.3. The van der Waals surface area contributed by atoms with Gasteiger partial charge >= 0.3 is 0 Å². The van der Waals surface area contributed by atoms with Crippen LogP contribution in [0.4, 0.5) is 0 Å². The molecule has 0 spiro atoms. The van der Waals surface area contributed by atoms with Crippen LogP contribution in [-0.4, -0.2) is 47.6 Å². The molecule has 0 aromatic rings. The number of amides is 2. The van der Waals surface area contributed by atoms with Crippen LogP contribution in [0.2, 0.25) is 0 Å². The Bertz CT molecular complexity index is 321. The molecule has 1 atom stereocenters. The predicted molar refractivity (Wildman–Crippen MR) is 82.8 cm³/mol. The summed E-state index contributed by atoms with van der Waals surface area (Å²) in [5, 5.41) is 12.1. The normalized spacial score (nSPS) is 18.0. The van der Waals surface area contributed by atoms with E-state index < -0.39 is 0 Å². The maximum Gasteiger partial charge on any atom is 0.222 e. The molecular weight excluding hydrogens is 268 g/mol. The van der Waals surface area contributed by atoms with Gasteiger partial charge in [0.1, 0.15) is 0 Å². The topological polar surface area (TPSA) is 69.6 Å². The third kappa shape index (κ3) is 6.93. The lowest BCUT2D eigenvalue weighted by atomic mass is 10.1. The van der Waals surface area contributed by atoms with Gasteiger partial charge in [0, 0.05) is 25.9 Å². The van der Waals surface area contributed by atoms with Crippen molar-refractivity contribution in [2.75, 3.05) is 19.7 Å². The van der Waals surface area contributed by atoms with E-state index >= 15 is 0 Å². The van der Waals surface area contributed by atoms with Gasteiger partial charge in [-0.25, -0.2) is 0 Å². The molecule has 5 heteroatoms. The first-order valence-electron chi connectivity index (χ1n) is 8.36. The van der Waals surface area contributed by atoms with Gasteiger partial charge < -0.3 is 15.3 Å². The highest BCUT2D eigenvalue weighted by Gasteiger charge is 2.27. The van der Waals surface area contributed by atoms with E-state index in [0.29, 0.717) is 19.4 Å². The summed E-state index contributed by atoms with van der Waals surface area (Å²) in [6.45, 7) is 3.65. The molecule has 1 rings (SSSR count). The van der Waals surface area contributed by atoms with Gasteiger partial charge in [-0.3, -0.25) is 9.59 Å². The molecule has 0 aromatic carbocycles. The maximum atomic E-state index is 12.0. The monoisotopic (exact) mass is 298 g/mol. The summed E-state index contributed by atoms with van der Waals surface area (Å²) in [5.41, 5.74) is 0. The molecule has 21 heavy (non-hydrogen) atoms. The van der Waals surface area contributed by atoms with Gasteiger partial charge in [0.2, 0.25) is 11.8 Å². The maximum absolute atomic E-state index is 12.0. The number of nitrogens with zero attached hydrogens (tertiary/aromatic N) is 1. The van der Waals surface area contributed by atoms with E-state index in [-0.39, 0.29) is 24.5 Å². The van der Waals surface area contributed by atoms with E-state index in [1.807, 2.05) is 4.90 Å². The zero-order valence-corrected chi connectivity index (χ0v) is 13.3. The van der Waals surface area contributed by atoms with E-state index in [9.17, 15) is 14.7 Å². The second kappa shape index (κ2) is 10.6. The lowest BCUT2D eigenvalue weighted by Crippen LogP contribution is -2.37. The standard InChI is InChI=1S/C16H30N2O3/c1-2-3-9-15(20)17-11-6-4-5-10-16(21)18-12-7-8-14(18)13-19/h14,19H,2-13H2,1H3,(H,17,20). The van der Waals surface area contributed by atoms with Crippen LogP contribution in [0.15, 0.2) is 0 Å². The molecule has 2 N–H and O–H groups in total. The second-order valence-electron chi connectivity index (χ2n) is 5.83. The Morgan fingerprint density at radius 1 is 1.19 bits per heavy atom. The molecule has 0 saturated carbocycles. The fourth-order valence-electron chi connectivity index (χ4n) is 2.73. The van der Waals surface area contributed by atoms with Crippen molar-refractivity contribution in [2.24, 2.45) is 0 Å². The third-order valence-corrected chi connectivity index (χ3v) is 4.06. The van der Waals surface area contributed by atoms with Crippen LogP contribution in [0.3, 0.4) is 0 Å².